The predicted molar refractivity (Wildman–Crippen MR) is 69.1 cm³/mol. The molecule has 1 fully saturated rings. The third-order valence-corrected chi connectivity index (χ3v) is 4.07. The summed E-state index contributed by atoms with van der Waals surface area (Å²) in [6, 6.07) is 0.269. The summed E-state index contributed by atoms with van der Waals surface area (Å²) in [4.78, 5) is 16.0. The Balaban J connectivity index is 1.76. The molecule has 1 aliphatic carbocycles. The lowest BCUT2D eigenvalue weighted by Crippen LogP contribution is -2.43. The number of carbonyl (C=O) groups excluding carboxylic acids is 1. The summed E-state index contributed by atoms with van der Waals surface area (Å²) < 4.78 is 0. The number of nitrogens with zero attached hydrogens (tertiary/aromatic N) is 1. The zero-order valence-corrected chi connectivity index (χ0v) is 10.9. The molecule has 0 saturated heterocycles. The van der Waals surface area contributed by atoms with E-state index in [1.54, 1.807) is 17.5 Å². The van der Waals surface area contributed by atoms with Crippen LogP contribution in [-0.2, 0) is 0 Å². The zero-order chi connectivity index (χ0) is 12.1. The Bertz CT molecular complexity index is 347. The largest absolute Gasteiger partial charge is 0.335 e. The molecule has 1 aliphatic rings. The number of urea groups is 1. The summed E-state index contributed by atoms with van der Waals surface area (Å²) in [5, 5.41) is 8.84. The Morgan fingerprint density at radius 3 is 2.88 bits per heavy atom. The van der Waals surface area contributed by atoms with Gasteiger partial charge in [-0.15, -0.1) is 11.3 Å². The van der Waals surface area contributed by atoms with Gasteiger partial charge in [0.05, 0.1) is 6.04 Å². The summed E-state index contributed by atoms with van der Waals surface area (Å²) in [6.07, 6.45) is 7.74. The minimum absolute atomic E-state index is 0.0152. The second-order valence-electron chi connectivity index (χ2n) is 4.54. The number of aromatic nitrogens is 1. The zero-order valence-electron chi connectivity index (χ0n) is 10.1. The van der Waals surface area contributed by atoms with Crippen molar-refractivity contribution < 1.29 is 4.79 Å². The van der Waals surface area contributed by atoms with Gasteiger partial charge in [-0.3, -0.25) is 0 Å². The Hall–Kier alpha value is -1.10. The van der Waals surface area contributed by atoms with Crippen LogP contribution >= 0.6 is 11.3 Å². The van der Waals surface area contributed by atoms with Crippen LogP contribution in [0.5, 0.6) is 0 Å². The van der Waals surface area contributed by atoms with Crippen LogP contribution in [0.2, 0.25) is 0 Å². The molecule has 4 nitrogen and oxygen atoms in total. The van der Waals surface area contributed by atoms with Crippen LogP contribution in [0.15, 0.2) is 11.6 Å². The second-order valence-corrected chi connectivity index (χ2v) is 5.47. The molecule has 17 heavy (non-hydrogen) atoms. The first-order valence-electron chi connectivity index (χ1n) is 6.22. The van der Waals surface area contributed by atoms with Crippen LogP contribution in [0.3, 0.4) is 0 Å². The summed E-state index contributed by atoms with van der Waals surface area (Å²) in [6.45, 7) is 1.96. The van der Waals surface area contributed by atoms with Gasteiger partial charge in [0.15, 0.2) is 0 Å². The van der Waals surface area contributed by atoms with Crippen molar-refractivity contribution in [1.29, 1.82) is 0 Å². The second kappa shape index (κ2) is 6.00. The average Bonchev–Trinajstić information content (AvgIpc) is 2.83. The van der Waals surface area contributed by atoms with E-state index in [0.29, 0.717) is 6.04 Å². The molecule has 2 N–H and O–H groups in total. The van der Waals surface area contributed by atoms with Crippen molar-refractivity contribution in [2.75, 3.05) is 0 Å². The quantitative estimate of drug-likeness (QED) is 0.870. The Labute approximate surface area is 106 Å². The molecule has 5 heteroatoms. The van der Waals surface area contributed by atoms with Crippen molar-refractivity contribution in [3.8, 4) is 0 Å². The molecule has 1 aromatic heterocycles. The van der Waals surface area contributed by atoms with Crippen molar-refractivity contribution in [3.63, 3.8) is 0 Å². The molecular formula is C12H19N3OS. The average molecular weight is 253 g/mol. The number of carbonyl (C=O) groups is 1. The number of amides is 2. The van der Waals surface area contributed by atoms with Crippen molar-refractivity contribution in [3.05, 3.63) is 16.6 Å². The van der Waals surface area contributed by atoms with Crippen LogP contribution in [-0.4, -0.2) is 17.1 Å². The van der Waals surface area contributed by atoms with E-state index in [1.807, 2.05) is 12.3 Å². The molecule has 94 valence electrons. The summed E-state index contributed by atoms with van der Waals surface area (Å²) >= 11 is 1.57. The Kier molecular flexibility index (Phi) is 4.36. The first-order chi connectivity index (χ1) is 8.25. The van der Waals surface area contributed by atoms with Crippen LogP contribution < -0.4 is 10.6 Å². The molecule has 1 unspecified atom stereocenters. The standard InChI is InChI=1S/C12H19N3OS/c1-9(11-13-7-8-17-11)14-12(16)15-10-5-3-2-4-6-10/h7-10H,2-6H2,1H3,(H2,14,15,16). The summed E-state index contributed by atoms with van der Waals surface area (Å²) in [5.41, 5.74) is 0. The fourth-order valence-corrected chi connectivity index (χ4v) is 2.83. The van der Waals surface area contributed by atoms with Gasteiger partial charge >= 0.3 is 6.03 Å². The van der Waals surface area contributed by atoms with Crippen LogP contribution in [0.1, 0.15) is 50.1 Å². The topological polar surface area (TPSA) is 54.0 Å². The minimum Gasteiger partial charge on any atom is -0.335 e. The molecule has 1 saturated carbocycles. The summed E-state index contributed by atoms with van der Waals surface area (Å²) in [5.74, 6) is 0. The van der Waals surface area contributed by atoms with Gasteiger partial charge in [0, 0.05) is 17.6 Å². The lowest BCUT2D eigenvalue weighted by molar-refractivity contribution is 0.229. The van der Waals surface area contributed by atoms with Gasteiger partial charge in [-0.05, 0) is 19.8 Å². The first kappa shape index (κ1) is 12.4. The van der Waals surface area contributed by atoms with Crippen molar-refractivity contribution in [1.82, 2.24) is 15.6 Å². The lowest BCUT2D eigenvalue weighted by Gasteiger charge is -2.23. The Morgan fingerprint density at radius 2 is 2.24 bits per heavy atom. The number of hydrogen-bond donors (Lipinski definition) is 2. The van der Waals surface area contributed by atoms with E-state index in [2.05, 4.69) is 15.6 Å². The minimum atomic E-state index is -0.0698. The third kappa shape index (κ3) is 3.70. The highest BCUT2D eigenvalue weighted by molar-refractivity contribution is 7.09. The van der Waals surface area contributed by atoms with Gasteiger partial charge in [0.1, 0.15) is 5.01 Å². The van der Waals surface area contributed by atoms with Crippen LogP contribution in [0.4, 0.5) is 4.79 Å². The fourth-order valence-electron chi connectivity index (χ4n) is 2.18. The van der Waals surface area contributed by atoms with E-state index < -0.39 is 0 Å². The highest BCUT2D eigenvalue weighted by atomic mass is 32.1. The van der Waals surface area contributed by atoms with E-state index >= 15 is 0 Å². The number of rotatable bonds is 3. The summed E-state index contributed by atoms with van der Waals surface area (Å²) in [7, 11) is 0. The maximum Gasteiger partial charge on any atom is 0.315 e. The molecular weight excluding hydrogens is 234 g/mol. The van der Waals surface area contributed by atoms with Crippen LogP contribution in [0.25, 0.3) is 0 Å². The van der Waals surface area contributed by atoms with Crippen molar-refractivity contribution >= 4 is 17.4 Å². The normalized spacial score (nSPS) is 18.6. The number of thiazole rings is 1. The van der Waals surface area contributed by atoms with E-state index in [1.165, 1.54) is 19.3 Å². The lowest BCUT2D eigenvalue weighted by atomic mass is 9.96. The molecule has 0 aliphatic heterocycles. The molecule has 1 aromatic rings. The number of hydrogen-bond acceptors (Lipinski definition) is 3. The maximum atomic E-state index is 11.8. The SMILES string of the molecule is CC(NC(=O)NC1CCCCC1)c1nccs1. The van der Waals surface area contributed by atoms with Gasteiger partial charge in [0.2, 0.25) is 0 Å². The van der Waals surface area contributed by atoms with Crippen LogP contribution in [0, 0.1) is 0 Å². The predicted octanol–water partition coefficient (Wildman–Crippen LogP) is 2.84. The number of nitrogens with one attached hydrogen (secondary N) is 2. The molecule has 0 bridgehead atoms. The molecule has 0 aromatic carbocycles. The smallest absolute Gasteiger partial charge is 0.315 e. The van der Waals surface area contributed by atoms with E-state index in [-0.39, 0.29) is 12.1 Å². The van der Waals surface area contributed by atoms with E-state index in [9.17, 15) is 4.79 Å². The van der Waals surface area contributed by atoms with Gasteiger partial charge in [0.25, 0.3) is 0 Å². The molecule has 0 spiro atoms. The van der Waals surface area contributed by atoms with E-state index in [0.717, 1.165) is 17.8 Å². The van der Waals surface area contributed by atoms with Crippen molar-refractivity contribution in [2.45, 2.75) is 51.1 Å². The molecule has 2 rings (SSSR count). The van der Waals surface area contributed by atoms with Gasteiger partial charge in [-0.2, -0.15) is 0 Å². The molecule has 1 heterocycles. The molecule has 2 amide bonds. The van der Waals surface area contributed by atoms with Crippen molar-refractivity contribution in [2.24, 2.45) is 0 Å². The van der Waals surface area contributed by atoms with E-state index in [4.69, 9.17) is 0 Å². The van der Waals surface area contributed by atoms with Gasteiger partial charge < -0.3 is 10.6 Å². The first-order valence-corrected chi connectivity index (χ1v) is 7.10. The maximum absolute atomic E-state index is 11.8. The molecule has 1 atom stereocenters. The Morgan fingerprint density at radius 1 is 1.47 bits per heavy atom. The highest BCUT2D eigenvalue weighted by Gasteiger charge is 2.17. The fraction of sp³-hybridized carbons (Fsp3) is 0.667. The van der Waals surface area contributed by atoms with Gasteiger partial charge in [-0.1, -0.05) is 19.3 Å². The monoisotopic (exact) mass is 253 g/mol. The molecule has 0 radical (unpaired) electrons. The highest BCUT2D eigenvalue weighted by Crippen LogP contribution is 2.18. The third-order valence-electron chi connectivity index (χ3n) is 3.11. The van der Waals surface area contributed by atoms with Gasteiger partial charge in [-0.25, -0.2) is 9.78 Å².